The zero-order valence-corrected chi connectivity index (χ0v) is 14.4. The molecule has 7 nitrogen and oxygen atoms in total. The molecule has 0 unspecified atom stereocenters. The van der Waals surface area contributed by atoms with Crippen molar-refractivity contribution in [2.24, 2.45) is 0 Å². The van der Waals surface area contributed by atoms with E-state index in [-0.39, 0.29) is 11.8 Å². The lowest BCUT2D eigenvalue weighted by molar-refractivity contribution is 0.0903. The van der Waals surface area contributed by atoms with Gasteiger partial charge < -0.3 is 24.8 Å². The van der Waals surface area contributed by atoms with Gasteiger partial charge in [0, 0.05) is 16.8 Å². The van der Waals surface area contributed by atoms with Crippen molar-refractivity contribution in [3.8, 4) is 11.5 Å². The average molecular weight is 356 g/mol. The largest absolute Gasteiger partial charge is 0.497 e. The highest BCUT2D eigenvalue weighted by Gasteiger charge is 2.21. The number of carbonyl (C=O) groups excluding carboxylic acids is 2. The summed E-state index contributed by atoms with van der Waals surface area (Å²) in [7, 11) is 1.59. The van der Waals surface area contributed by atoms with Crippen LogP contribution in [-0.2, 0) is 6.54 Å². The lowest BCUT2D eigenvalue weighted by atomic mass is 10.1. The Hall–Kier alpha value is -3.06. The van der Waals surface area contributed by atoms with Crippen molar-refractivity contribution < 1.29 is 24.2 Å². The Morgan fingerprint density at radius 3 is 2.69 bits per heavy atom. The molecule has 0 saturated heterocycles. The number of rotatable bonds is 4. The van der Waals surface area contributed by atoms with E-state index in [0.29, 0.717) is 42.4 Å². The van der Waals surface area contributed by atoms with Crippen LogP contribution in [0.1, 0.15) is 15.9 Å². The average Bonchev–Trinajstić information content (AvgIpc) is 2.89. The number of Topliss-reactive ketones (excluding diaryl/α,β-unsaturated/α-hetero) is 1. The summed E-state index contributed by atoms with van der Waals surface area (Å²) in [5.41, 5.74) is 1.87. The van der Waals surface area contributed by atoms with Crippen molar-refractivity contribution in [3.63, 3.8) is 0 Å². The first-order valence-electron chi connectivity index (χ1n) is 8.20. The molecule has 3 rings (SSSR count). The lowest BCUT2D eigenvalue weighted by Crippen LogP contribution is -2.36. The van der Waals surface area contributed by atoms with Crippen LogP contribution < -0.4 is 14.8 Å². The molecule has 0 saturated carbocycles. The summed E-state index contributed by atoms with van der Waals surface area (Å²) < 4.78 is 10.8. The highest BCUT2D eigenvalue weighted by Crippen LogP contribution is 2.25. The molecule has 2 aromatic carbocycles. The van der Waals surface area contributed by atoms with Gasteiger partial charge in [-0.05, 0) is 30.3 Å². The lowest BCUT2D eigenvalue weighted by Gasteiger charge is -2.20. The number of amides is 2. The standard InChI is InChI=1S/C19H20N2O5/c1-25-16-6-4-15(5-7-16)20-19(24)21-8-9-26-18-10-13(17(23)12-22)2-3-14(18)11-21/h2-7,10,22H,8-9,11-12H2,1H3,(H,20,24). The van der Waals surface area contributed by atoms with Crippen molar-refractivity contribution in [2.45, 2.75) is 6.54 Å². The third-order valence-electron chi connectivity index (χ3n) is 4.14. The monoisotopic (exact) mass is 356 g/mol. The highest BCUT2D eigenvalue weighted by atomic mass is 16.5. The van der Waals surface area contributed by atoms with Crippen molar-refractivity contribution in [1.29, 1.82) is 0 Å². The molecule has 2 N–H and O–H groups in total. The van der Waals surface area contributed by atoms with E-state index >= 15 is 0 Å². The molecule has 1 heterocycles. The first-order valence-corrected chi connectivity index (χ1v) is 8.20. The summed E-state index contributed by atoms with van der Waals surface area (Å²) in [6, 6.07) is 11.8. The van der Waals surface area contributed by atoms with Crippen molar-refractivity contribution in [1.82, 2.24) is 4.90 Å². The minimum absolute atomic E-state index is 0.234. The van der Waals surface area contributed by atoms with Gasteiger partial charge in [0.25, 0.3) is 0 Å². The second kappa shape index (κ2) is 7.88. The van der Waals surface area contributed by atoms with Crippen molar-refractivity contribution in [2.75, 3.05) is 32.2 Å². The van der Waals surface area contributed by atoms with Crippen LogP contribution in [0.3, 0.4) is 0 Å². The third-order valence-corrected chi connectivity index (χ3v) is 4.14. The number of hydrogen-bond acceptors (Lipinski definition) is 5. The number of hydrogen-bond donors (Lipinski definition) is 2. The van der Waals surface area contributed by atoms with Gasteiger partial charge in [0.1, 0.15) is 24.7 Å². The smallest absolute Gasteiger partial charge is 0.322 e. The van der Waals surface area contributed by atoms with E-state index in [2.05, 4.69) is 5.32 Å². The number of fused-ring (bicyclic) bond motifs is 1. The summed E-state index contributed by atoms with van der Waals surface area (Å²) >= 11 is 0. The normalized spacial score (nSPS) is 13.2. The number of aliphatic hydroxyl groups excluding tert-OH is 1. The molecule has 0 radical (unpaired) electrons. The van der Waals surface area contributed by atoms with E-state index in [1.165, 1.54) is 0 Å². The molecule has 0 spiro atoms. The number of nitrogens with zero attached hydrogens (tertiary/aromatic N) is 1. The third kappa shape index (κ3) is 3.94. The summed E-state index contributed by atoms with van der Waals surface area (Å²) in [6.45, 7) is 0.555. The molecular formula is C19H20N2O5. The van der Waals surface area contributed by atoms with Gasteiger partial charge in [-0.15, -0.1) is 0 Å². The van der Waals surface area contributed by atoms with Crippen molar-refractivity contribution >= 4 is 17.5 Å². The van der Waals surface area contributed by atoms with Crippen LogP contribution >= 0.6 is 0 Å². The quantitative estimate of drug-likeness (QED) is 0.821. The second-order valence-corrected chi connectivity index (χ2v) is 5.83. The van der Waals surface area contributed by atoms with Crippen LogP contribution in [0, 0.1) is 0 Å². The SMILES string of the molecule is COc1ccc(NC(=O)N2CCOc3cc(C(=O)CO)ccc3C2)cc1. The van der Waals surface area contributed by atoms with Crippen LogP contribution in [0.5, 0.6) is 11.5 Å². The molecule has 0 atom stereocenters. The van der Waals surface area contributed by atoms with Crippen LogP contribution in [0.15, 0.2) is 42.5 Å². The Balaban J connectivity index is 1.71. The number of ether oxygens (including phenoxy) is 2. The van der Waals surface area contributed by atoms with Gasteiger partial charge in [-0.3, -0.25) is 4.79 Å². The maximum Gasteiger partial charge on any atom is 0.322 e. The molecule has 0 bridgehead atoms. The molecule has 136 valence electrons. The highest BCUT2D eigenvalue weighted by molar-refractivity contribution is 5.97. The molecule has 7 heteroatoms. The fourth-order valence-corrected chi connectivity index (χ4v) is 2.68. The molecular weight excluding hydrogens is 336 g/mol. The molecule has 2 aromatic rings. The van der Waals surface area contributed by atoms with Gasteiger partial charge in [-0.25, -0.2) is 4.79 Å². The van der Waals surface area contributed by atoms with Crippen LogP contribution in [-0.4, -0.2) is 48.7 Å². The zero-order valence-electron chi connectivity index (χ0n) is 14.4. The molecule has 1 aliphatic rings. The molecule has 26 heavy (non-hydrogen) atoms. The molecule has 2 amide bonds. The number of ketones is 1. The predicted molar refractivity (Wildman–Crippen MR) is 95.8 cm³/mol. The number of methoxy groups -OCH3 is 1. The maximum absolute atomic E-state index is 12.5. The molecule has 0 fully saturated rings. The van der Waals surface area contributed by atoms with E-state index in [4.69, 9.17) is 14.6 Å². The van der Waals surface area contributed by atoms with E-state index in [1.807, 2.05) is 0 Å². The summed E-state index contributed by atoms with van der Waals surface area (Å²) in [6.07, 6.45) is 0. The van der Waals surface area contributed by atoms with Gasteiger partial charge in [-0.1, -0.05) is 12.1 Å². The Labute approximate surface area is 151 Å². The number of anilines is 1. The van der Waals surface area contributed by atoms with Gasteiger partial charge in [0.15, 0.2) is 5.78 Å². The second-order valence-electron chi connectivity index (χ2n) is 5.83. The maximum atomic E-state index is 12.5. The van der Waals surface area contributed by atoms with Gasteiger partial charge in [0.2, 0.25) is 0 Å². The fourth-order valence-electron chi connectivity index (χ4n) is 2.68. The molecule has 0 aromatic heterocycles. The van der Waals surface area contributed by atoms with Gasteiger partial charge >= 0.3 is 6.03 Å². The first-order chi connectivity index (χ1) is 12.6. The summed E-state index contributed by atoms with van der Waals surface area (Å²) in [5.74, 6) is 0.909. The van der Waals surface area contributed by atoms with E-state index in [1.54, 1.807) is 54.5 Å². The van der Waals surface area contributed by atoms with Crippen LogP contribution in [0.2, 0.25) is 0 Å². The number of benzene rings is 2. The first kappa shape index (κ1) is 17.8. The minimum Gasteiger partial charge on any atom is -0.497 e. The van der Waals surface area contributed by atoms with E-state index in [0.717, 1.165) is 5.56 Å². The topological polar surface area (TPSA) is 88.1 Å². The van der Waals surface area contributed by atoms with E-state index < -0.39 is 6.61 Å². The van der Waals surface area contributed by atoms with Gasteiger partial charge in [0.05, 0.1) is 20.2 Å². The summed E-state index contributed by atoms with van der Waals surface area (Å²) in [5, 5.41) is 11.8. The Morgan fingerprint density at radius 2 is 2.00 bits per heavy atom. The molecule has 1 aliphatic heterocycles. The number of nitrogens with one attached hydrogen (secondary N) is 1. The van der Waals surface area contributed by atoms with Gasteiger partial charge in [-0.2, -0.15) is 0 Å². The Morgan fingerprint density at radius 1 is 1.23 bits per heavy atom. The zero-order chi connectivity index (χ0) is 18.5. The van der Waals surface area contributed by atoms with E-state index in [9.17, 15) is 9.59 Å². The Kier molecular flexibility index (Phi) is 5.38. The minimum atomic E-state index is -0.546. The number of carbonyl (C=O) groups is 2. The number of urea groups is 1. The van der Waals surface area contributed by atoms with Crippen LogP contribution in [0.25, 0.3) is 0 Å². The van der Waals surface area contributed by atoms with Crippen molar-refractivity contribution in [3.05, 3.63) is 53.6 Å². The predicted octanol–water partition coefficient (Wildman–Crippen LogP) is 2.30. The fraction of sp³-hybridized carbons (Fsp3) is 0.263. The number of aliphatic hydroxyl groups is 1. The molecule has 0 aliphatic carbocycles. The Bertz CT molecular complexity index is 804. The summed E-state index contributed by atoms with van der Waals surface area (Å²) in [4.78, 5) is 25.8. The van der Waals surface area contributed by atoms with Crippen LogP contribution in [0.4, 0.5) is 10.5 Å².